The first-order valence-electron chi connectivity index (χ1n) is 7.93. The van der Waals surface area contributed by atoms with Gasteiger partial charge < -0.3 is 5.32 Å². The zero-order chi connectivity index (χ0) is 15.1. The van der Waals surface area contributed by atoms with Gasteiger partial charge in [-0.15, -0.1) is 0 Å². The highest BCUT2D eigenvalue weighted by Gasteiger charge is 2.21. The summed E-state index contributed by atoms with van der Waals surface area (Å²) in [7, 11) is 0. The van der Waals surface area contributed by atoms with Crippen molar-refractivity contribution in [3.63, 3.8) is 0 Å². The van der Waals surface area contributed by atoms with Gasteiger partial charge in [-0.3, -0.25) is 9.69 Å². The molecular formula is C17H25ClN2O. The van der Waals surface area contributed by atoms with Crippen molar-refractivity contribution in [3.8, 4) is 0 Å². The monoisotopic (exact) mass is 308 g/mol. The third-order valence-electron chi connectivity index (χ3n) is 4.23. The summed E-state index contributed by atoms with van der Waals surface area (Å²) in [6.07, 6.45) is 6.29. The van der Waals surface area contributed by atoms with Crippen molar-refractivity contribution < 1.29 is 4.79 Å². The molecule has 1 aromatic rings. The second kappa shape index (κ2) is 8.40. The molecule has 0 aromatic heterocycles. The van der Waals surface area contributed by atoms with Gasteiger partial charge in [0.05, 0.1) is 6.04 Å². The molecule has 0 unspecified atom stereocenters. The van der Waals surface area contributed by atoms with Gasteiger partial charge >= 0.3 is 0 Å². The highest BCUT2D eigenvalue weighted by Crippen LogP contribution is 2.15. The molecule has 1 amide bonds. The van der Waals surface area contributed by atoms with Gasteiger partial charge in [0.2, 0.25) is 5.91 Å². The lowest BCUT2D eigenvalue weighted by molar-refractivity contribution is -0.126. The van der Waals surface area contributed by atoms with Gasteiger partial charge in [-0.25, -0.2) is 0 Å². The van der Waals surface area contributed by atoms with Crippen LogP contribution in [-0.4, -0.2) is 29.9 Å². The van der Waals surface area contributed by atoms with Gasteiger partial charge in [-0.05, 0) is 44.5 Å². The maximum atomic E-state index is 12.3. The zero-order valence-corrected chi connectivity index (χ0v) is 13.5. The predicted octanol–water partition coefficient (Wildman–Crippen LogP) is 3.61. The Hall–Kier alpha value is -1.06. The molecule has 0 bridgehead atoms. The third-order valence-corrected chi connectivity index (χ3v) is 4.60. The molecule has 1 aliphatic heterocycles. The molecule has 1 aliphatic rings. The lowest BCUT2D eigenvalue weighted by atomic mass is 10.1. The maximum absolute atomic E-state index is 12.3. The average molecular weight is 309 g/mol. The van der Waals surface area contributed by atoms with Gasteiger partial charge in [0, 0.05) is 11.6 Å². The first-order valence-corrected chi connectivity index (χ1v) is 8.31. The fourth-order valence-corrected chi connectivity index (χ4v) is 3.00. The zero-order valence-electron chi connectivity index (χ0n) is 12.8. The molecule has 0 radical (unpaired) electrons. The van der Waals surface area contributed by atoms with Crippen LogP contribution in [0.3, 0.4) is 0 Å². The van der Waals surface area contributed by atoms with E-state index in [1.54, 1.807) is 0 Å². The summed E-state index contributed by atoms with van der Waals surface area (Å²) < 4.78 is 0. The molecule has 21 heavy (non-hydrogen) atoms. The van der Waals surface area contributed by atoms with Crippen molar-refractivity contribution in [2.45, 2.75) is 51.6 Å². The van der Waals surface area contributed by atoms with Gasteiger partial charge in [-0.2, -0.15) is 0 Å². The number of nitrogens with one attached hydrogen (secondary N) is 1. The van der Waals surface area contributed by atoms with Crippen molar-refractivity contribution in [1.29, 1.82) is 0 Å². The van der Waals surface area contributed by atoms with Crippen LogP contribution in [-0.2, 0) is 11.3 Å². The molecule has 0 spiro atoms. The molecule has 116 valence electrons. The Kier molecular flexibility index (Phi) is 6.52. The summed E-state index contributed by atoms with van der Waals surface area (Å²) in [6.45, 7) is 4.56. The van der Waals surface area contributed by atoms with E-state index in [0.717, 1.165) is 18.7 Å². The summed E-state index contributed by atoms with van der Waals surface area (Å²) in [5.41, 5.74) is 0.965. The van der Waals surface area contributed by atoms with Gasteiger partial charge in [0.25, 0.3) is 0 Å². The quantitative estimate of drug-likeness (QED) is 0.921. The van der Waals surface area contributed by atoms with E-state index in [4.69, 9.17) is 11.6 Å². The van der Waals surface area contributed by atoms with Crippen molar-refractivity contribution in [2.24, 2.45) is 0 Å². The van der Waals surface area contributed by atoms with Crippen LogP contribution in [0.25, 0.3) is 0 Å². The SMILES string of the molecule is C[C@H](C(=O)NCc1ccccc1Cl)N1CCCCCCC1. The van der Waals surface area contributed by atoms with Gasteiger partial charge in [0.1, 0.15) is 0 Å². The van der Waals surface area contributed by atoms with Crippen LogP contribution in [0.2, 0.25) is 5.02 Å². The number of benzene rings is 1. The largest absolute Gasteiger partial charge is 0.351 e. The van der Waals surface area contributed by atoms with Crippen LogP contribution >= 0.6 is 11.6 Å². The Balaban J connectivity index is 1.85. The number of likely N-dealkylation sites (tertiary alicyclic amines) is 1. The molecule has 1 saturated heterocycles. The fourth-order valence-electron chi connectivity index (χ4n) is 2.80. The maximum Gasteiger partial charge on any atom is 0.237 e. The standard InChI is InChI=1S/C17H25ClN2O/c1-14(20-11-7-3-2-4-8-12-20)17(21)19-13-15-9-5-6-10-16(15)18/h5-6,9-10,14H,2-4,7-8,11-13H2,1H3,(H,19,21)/t14-/m1/s1. The second-order valence-corrected chi connectivity index (χ2v) is 6.20. The number of carbonyl (C=O) groups is 1. The number of carbonyl (C=O) groups excluding carboxylic acids is 1. The van der Waals surface area contributed by atoms with Gasteiger partial charge in [-0.1, -0.05) is 49.1 Å². The minimum atomic E-state index is -0.0643. The molecule has 1 fully saturated rings. The molecule has 1 heterocycles. The summed E-state index contributed by atoms with van der Waals surface area (Å²) in [4.78, 5) is 14.6. The number of rotatable bonds is 4. The first-order chi connectivity index (χ1) is 10.2. The Labute approximate surface area is 132 Å². The van der Waals surface area contributed by atoms with Crippen LogP contribution in [0.1, 0.15) is 44.6 Å². The Bertz CT molecular complexity index is 456. The van der Waals surface area contributed by atoms with Crippen LogP contribution < -0.4 is 5.32 Å². The minimum Gasteiger partial charge on any atom is -0.351 e. The molecule has 4 heteroatoms. The van der Waals surface area contributed by atoms with Crippen molar-refractivity contribution in [2.75, 3.05) is 13.1 Å². The summed E-state index contributed by atoms with van der Waals surface area (Å²) >= 11 is 6.11. The Morgan fingerprint density at radius 2 is 1.81 bits per heavy atom. The number of hydrogen-bond donors (Lipinski definition) is 1. The number of nitrogens with zero attached hydrogens (tertiary/aromatic N) is 1. The molecule has 0 aliphatic carbocycles. The van der Waals surface area contributed by atoms with E-state index in [0.29, 0.717) is 11.6 Å². The summed E-state index contributed by atoms with van der Waals surface area (Å²) in [5.74, 6) is 0.0930. The van der Waals surface area contributed by atoms with E-state index in [-0.39, 0.29) is 11.9 Å². The van der Waals surface area contributed by atoms with Crippen LogP contribution in [0, 0.1) is 0 Å². The highest BCUT2D eigenvalue weighted by molar-refractivity contribution is 6.31. The van der Waals surface area contributed by atoms with Crippen LogP contribution in [0.5, 0.6) is 0 Å². The topological polar surface area (TPSA) is 32.3 Å². The highest BCUT2D eigenvalue weighted by atomic mass is 35.5. The third kappa shape index (κ3) is 5.01. The smallest absolute Gasteiger partial charge is 0.237 e. The van der Waals surface area contributed by atoms with E-state index in [9.17, 15) is 4.79 Å². The molecule has 0 saturated carbocycles. The van der Waals surface area contributed by atoms with E-state index in [1.165, 1.54) is 32.1 Å². The molecule has 3 nitrogen and oxygen atoms in total. The predicted molar refractivity (Wildman–Crippen MR) is 87.4 cm³/mol. The summed E-state index contributed by atoms with van der Waals surface area (Å²) in [5, 5.41) is 3.71. The van der Waals surface area contributed by atoms with E-state index >= 15 is 0 Å². The van der Waals surface area contributed by atoms with Crippen molar-refractivity contribution >= 4 is 17.5 Å². The average Bonchev–Trinajstić information content (AvgIpc) is 2.45. The van der Waals surface area contributed by atoms with Gasteiger partial charge in [0.15, 0.2) is 0 Å². The number of amides is 1. The van der Waals surface area contributed by atoms with E-state index in [1.807, 2.05) is 31.2 Å². The lowest BCUT2D eigenvalue weighted by Crippen LogP contribution is -2.46. The normalized spacial score (nSPS) is 18.6. The van der Waals surface area contributed by atoms with E-state index in [2.05, 4.69) is 10.2 Å². The van der Waals surface area contributed by atoms with E-state index < -0.39 is 0 Å². The number of halogens is 1. The van der Waals surface area contributed by atoms with Crippen molar-refractivity contribution in [3.05, 3.63) is 34.9 Å². The molecule has 1 aromatic carbocycles. The minimum absolute atomic E-state index is 0.0643. The molecule has 1 N–H and O–H groups in total. The Morgan fingerprint density at radius 3 is 2.48 bits per heavy atom. The van der Waals surface area contributed by atoms with Crippen LogP contribution in [0.4, 0.5) is 0 Å². The first kappa shape index (κ1) is 16.3. The fraction of sp³-hybridized carbons (Fsp3) is 0.588. The molecular weight excluding hydrogens is 284 g/mol. The lowest BCUT2D eigenvalue weighted by Gasteiger charge is -2.29. The molecule has 2 rings (SSSR count). The summed E-state index contributed by atoms with van der Waals surface area (Å²) in [6, 6.07) is 7.57. The Morgan fingerprint density at radius 1 is 1.19 bits per heavy atom. The second-order valence-electron chi connectivity index (χ2n) is 5.79. The number of hydrogen-bond acceptors (Lipinski definition) is 2. The van der Waals surface area contributed by atoms with Crippen LogP contribution in [0.15, 0.2) is 24.3 Å². The molecule has 1 atom stereocenters. The van der Waals surface area contributed by atoms with Crippen molar-refractivity contribution in [1.82, 2.24) is 10.2 Å².